The summed E-state index contributed by atoms with van der Waals surface area (Å²) >= 11 is 0. The molecule has 0 radical (unpaired) electrons. The predicted molar refractivity (Wildman–Crippen MR) is 62.4 cm³/mol. The molecule has 0 saturated heterocycles. The van der Waals surface area contributed by atoms with Gasteiger partial charge in [-0.2, -0.15) is 5.26 Å². The minimum atomic E-state index is -0.361. The Morgan fingerprint density at radius 3 is 3.00 bits per heavy atom. The van der Waals surface area contributed by atoms with Crippen LogP contribution in [-0.2, 0) is 0 Å². The number of hydrogen-bond donors (Lipinski definition) is 0. The van der Waals surface area contributed by atoms with Crippen LogP contribution < -0.4 is 4.74 Å². The van der Waals surface area contributed by atoms with Gasteiger partial charge in [-0.1, -0.05) is 5.11 Å². The molecule has 1 aromatic carbocycles. The van der Waals surface area contributed by atoms with Gasteiger partial charge in [0.2, 0.25) is 0 Å². The lowest BCUT2D eigenvalue weighted by molar-refractivity contribution is 0.0729. The molecule has 0 aliphatic carbocycles. The van der Waals surface area contributed by atoms with E-state index in [4.69, 9.17) is 15.5 Å². The van der Waals surface area contributed by atoms with Gasteiger partial charge >= 0.3 is 0 Å². The fourth-order valence-electron chi connectivity index (χ4n) is 2.05. The van der Waals surface area contributed by atoms with E-state index in [0.717, 1.165) is 5.56 Å². The summed E-state index contributed by atoms with van der Waals surface area (Å²) in [5.74, 6) is 0.692. The highest BCUT2D eigenvalue weighted by Gasteiger charge is 2.33. The second kappa shape index (κ2) is 4.00. The molecule has 0 fully saturated rings. The molecule has 1 heterocycles. The molecule has 1 aliphatic heterocycles. The second-order valence-electron chi connectivity index (χ2n) is 4.65. The quantitative estimate of drug-likeness (QED) is 0.419. The van der Waals surface area contributed by atoms with E-state index < -0.39 is 0 Å². The smallest absolute Gasteiger partial charge is 0.123 e. The third-order valence-corrected chi connectivity index (χ3v) is 2.76. The summed E-state index contributed by atoms with van der Waals surface area (Å²) in [7, 11) is 0. The van der Waals surface area contributed by atoms with Gasteiger partial charge in [0.25, 0.3) is 0 Å². The van der Waals surface area contributed by atoms with Gasteiger partial charge in [0.15, 0.2) is 0 Å². The second-order valence-corrected chi connectivity index (χ2v) is 4.65. The zero-order chi connectivity index (χ0) is 12.5. The Balaban J connectivity index is 2.53. The van der Waals surface area contributed by atoms with E-state index in [9.17, 15) is 0 Å². The third kappa shape index (κ3) is 2.17. The molecule has 1 atom stereocenters. The number of hydrogen-bond acceptors (Lipinski definition) is 3. The van der Waals surface area contributed by atoms with Gasteiger partial charge in [0.05, 0.1) is 17.7 Å². The van der Waals surface area contributed by atoms with Crippen LogP contribution in [0.1, 0.15) is 37.4 Å². The molecule has 0 saturated carbocycles. The number of ether oxygens (including phenoxy) is 1. The van der Waals surface area contributed by atoms with Crippen molar-refractivity contribution >= 4 is 0 Å². The molecular weight excluding hydrogens is 216 g/mol. The van der Waals surface area contributed by atoms with Crippen LogP contribution in [0.2, 0.25) is 0 Å². The van der Waals surface area contributed by atoms with Crippen LogP contribution in [0.3, 0.4) is 0 Å². The molecule has 0 N–H and O–H groups in total. The lowest BCUT2D eigenvalue weighted by atomic mass is 9.89. The zero-order valence-electron chi connectivity index (χ0n) is 9.71. The van der Waals surface area contributed by atoms with Crippen molar-refractivity contribution in [3.8, 4) is 11.8 Å². The standard InChI is InChI=1S/C12H12N4O/c1-12(2)6-10(15-16-14)9-5-8(7-13)3-4-11(9)17-12/h3-5,10H,6H2,1-2H3. The number of fused-ring (bicyclic) bond motifs is 1. The molecule has 0 bridgehead atoms. The Morgan fingerprint density at radius 2 is 2.35 bits per heavy atom. The van der Waals surface area contributed by atoms with E-state index in [0.29, 0.717) is 17.7 Å². The number of benzene rings is 1. The highest BCUT2D eigenvalue weighted by Crippen LogP contribution is 2.41. The van der Waals surface area contributed by atoms with E-state index in [1.54, 1.807) is 18.2 Å². The van der Waals surface area contributed by atoms with Crippen LogP contribution in [0.4, 0.5) is 0 Å². The molecule has 1 unspecified atom stereocenters. The van der Waals surface area contributed by atoms with Crippen molar-refractivity contribution in [1.29, 1.82) is 5.26 Å². The Morgan fingerprint density at radius 1 is 1.59 bits per heavy atom. The van der Waals surface area contributed by atoms with Gasteiger partial charge in [-0.05, 0) is 44.0 Å². The van der Waals surface area contributed by atoms with Gasteiger partial charge in [-0.25, -0.2) is 0 Å². The van der Waals surface area contributed by atoms with Crippen molar-refractivity contribution < 1.29 is 4.74 Å². The van der Waals surface area contributed by atoms with Crippen molar-refractivity contribution in [1.82, 2.24) is 0 Å². The Kier molecular flexibility index (Phi) is 2.66. The predicted octanol–water partition coefficient (Wildman–Crippen LogP) is 3.47. The Labute approximate surface area is 99.3 Å². The highest BCUT2D eigenvalue weighted by atomic mass is 16.5. The molecule has 0 amide bonds. The average Bonchev–Trinajstić information content (AvgIpc) is 2.27. The number of nitrogens with zero attached hydrogens (tertiary/aromatic N) is 4. The molecular formula is C12H12N4O. The van der Waals surface area contributed by atoms with E-state index in [1.165, 1.54) is 0 Å². The van der Waals surface area contributed by atoms with Crippen LogP contribution in [0, 0.1) is 11.3 Å². The minimum Gasteiger partial charge on any atom is -0.488 e. The van der Waals surface area contributed by atoms with Gasteiger partial charge < -0.3 is 4.74 Å². The average molecular weight is 228 g/mol. The summed E-state index contributed by atoms with van der Waals surface area (Å²) in [4.78, 5) is 2.87. The number of azide groups is 1. The van der Waals surface area contributed by atoms with Crippen LogP contribution in [0.5, 0.6) is 5.75 Å². The first kappa shape index (κ1) is 11.3. The third-order valence-electron chi connectivity index (χ3n) is 2.76. The summed E-state index contributed by atoms with van der Waals surface area (Å²) in [5, 5.41) is 12.7. The van der Waals surface area contributed by atoms with E-state index in [1.807, 2.05) is 13.8 Å². The number of nitriles is 1. The van der Waals surface area contributed by atoms with Gasteiger partial charge in [0.1, 0.15) is 11.4 Å². The first-order valence-electron chi connectivity index (χ1n) is 5.33. The molecule has 0 spiro atoms. The molecule has 86 valence electrons. The summed E-state index contributed by atoms with van der Waals surface area (Å²) in [5.41, 5.74) is 9.57. The maximum Gasteiger partial charge on any atom is 0.123 e. The Bertz CT molecular complexity index is 538. The van der Waals surface area contributed by atoms with Crippen molar-refractivity contribution in [3.63, 3.8) is 0 Å². The monoisotopic (exact) mass is 228 g/mol. The molecule has 5 heteroatoms. The molecule has 5 nitrogen and oxygen atoms in total. The van der Waals surface area contributed by atoms with Crippen LogP contribution in [0.25, 0.3) is 10.4 Å². The SMILES string of the molecule is CC1(C)CC(N=[N+]=[N-])c2cc(C#N)ccc2O1. The molecule has 2 rings (SSSR count). The van der Waals surface area contributed by atoms with Crippen molar-refractivity contribution in [2.24, 2.45) is 5.11 Å². The summed E-state index contributed by atoms with van der Waals surface area (Å²) < 4.78 is 5.80. The number of rotatable bonds is 1. The van der Waals surface area contributed by atoms with E-state index >= 15 is 0 Å². The Hall–Kier alpha value is -2.18. The molecule has 17 heavy (non-hydrogen) atoms. The molecule has 1 aliphatic rings. The van der Waals surface area contributed by atoms with Crippen molar-refractivity contribution in [2.45, 2.75) is 31.9 Å². The van der Waals surface area contributed by atoms with Crippen molar-refractivity contribution in [3.05, 3.63) is 39.8 Å². The summed E-state index contributed by atoms with van der Waals surface area (Å²) in [6, 6.07) is 6.99. The maximum atomic E-state index is 8.86. The van der Waals surface area contributed by atoms with E-state index in [-0.39, 0.29) is 11.6 Å². The van der Waals surface area contributed by atoms with E-state index in [2.05, 4.69) is 16.1 Å². The normalized spacial score (nSPS) is 20.4. The van der Waals surface area contributed by atoms with Gasteiger partial charge in [-0.3, -0.25) is 0 Å². The minimum absolute atomic E-state index is 0.271. The maximum absolute atomic E-state index is 8.86. The summed E-state index contributed by atoms with van der Waals surface area (Å²) in [6.07, 6.45) is 0.610. The van der Waals surface area contributed by atoms with Crippen molar-refractivity contribution in [2.75, 3.05) is 0 Å². The first-order chi connectivity index (χ1) is 8.05. The lowest BCUT2D eigenvalue weighted by Crippen LogP contribution is -2.34. The first-order valence-corrected chi connectivity index (χ1v) is 5.33. The molecule has 1 aromatic rings. The fourth-order valence-corrected chi connectivity index (χ4v) is 2.05. The largest absolute Gasteiger partial charge is 0.488 e. The van der Waals surface area contributed by atoms with Crippen LogP contribution in [0.15, 0.2) is 23.3 Å². The fraction of sp³-hybridized carbons (Fsp3) is 0.417. The van der Waals surface area contributed by atoms with Gasteiger partial charge in [-0.15, -0.1) is 0 Å². The highest BCUT2D eigenvalue weighted by molar-refractivity contribution is 5.45. The summed E-state index contributed by atoms with van der Waals surface area (Å²) in [6.45, 7) is 3.90. The zero-order valence-corrected chi connectivity index (χ0v) is 9.71. The topological polar surface area (TPSA) is 81.8 Å². The van der Waals surface area contributed by atoms with Gasteiger partial charge in [0, 0.05) is 10.5 Å². The lowest BCUT2D eigenvalue weighted by Gasteiger charge is -2.35. The molecule has 0 aromatic heterocycles. The van der Waals surface area contributed by atoms with Crippen LogP contribution >= 0.6 is 0 Å². The van der Waals surface area contributed by atoms with Crippen LogP contribution in [-0.4, -0.2) is 5.60 Å².